The smallest absolute Gasteiger partial charge is 0.343 e. The van der Waals surface area contributed by atoms with E-state index < -0.39 is 16.0 Å². The largest absolute Gasteiger partial charge is 0.475 e. The number of methoxy groups -OCH3 is 1. The van der Waals surface area contributed by atoms with Crippen LogP contribution in [0.3, 0.4) is 0 Å². The molecule has 0 fully saturated rings. The number of nitro groups is 1. The Hall–Kier alpha value is -3.06. The number of aromatic nitrogens is 1. The number of carbonyl (C=O) groups is 1. The molecule has 0 radical (unpaired) electrons. The van der Waals surface area contributed by atoms with Gasteiger partial charge in [0.2, 0.25) is 5.88 Å². The molecule has 0 bridgehead atoms. The second-order valence-corrected chi connectivity index (χ2v) is 3.60. The summed E-state index contributed by atoms with van der Waals surface area (Å²) in [5, 5.41) is 24.3. The van der Waals surface area contributed by atoms with Gasteiger partial charge in [-0.1, -0.05) is 0 Å². The zero-order valence-electron chi connectivity index (χ0n) is 13.0. The first-order valence-corrected chi connectivity index (χ1v) is 6.10. The highest BCUT2D eigenvalue weighted by molar-refractivity contribution is 5.92. The van der Waals surface area contributed by atoms with Crippen molar-refractivity contribution in [2.24, 2.45) is 0 Å². The Kier molecular flexibility index (Phi) is 12.1. The van der Waals surface area contributed by atoms with Gasteiger partial charge < -0.3 is 25.6 Å². The molecular formula is C11H18N4O9. The molecule has 0 amide bonds. The second kappa shape index (κ2) is 12.5. The lowest BCUT2D eigenvalue weighted by Gasteiger charge is -2.09. The van der Waals surface area contributed by atoms with Gasteiger partial charge in [0, 0.05) is 13.2 Å². The Morgan fingerprint density at radius 2 is 1.92 bits per heavy atom. The molecular weight excluding hydrogens is 332 g/mol. The molecule has 1 aromatic rings. The molecule has 0 spiro atoms. The lowest BCUT2D eigenvalue weighted by molar-refractivity contribution is -0.742. The number of hydrogen-bond acceptors (Lipinski definition) is 10. The van der Waals surface area contributed by atoms with Gasteiger partial charge in [-0.05, 0) is 6.92 Å². The van der Waals surface area contributed by atoms with Gasteiger partial charge in [-0.3, -0.25) is 10.1 Å². The maximum absolute atomic E-state index is 11.7. The van der Waals surface area contributed by atoms with Crippen LogP contribution in [0.25, 0.3) is 0 Å². The highest BCUT2D eigenvalue weighted by Crippen LogP contribution is 2.21. The minimum atomic E-state index is -1.50. The number of ether oxygens (including phenoxy) is 3. The van der Waals surface area contributed by atoms with Crippen LogP contribution in [0.1, 0.15) is 17.3 Å². The van der Waals surface area contributed by atoms with Crippen LogP contribution in [0.5, 0.6) is 5.88 Å². The maximum atomic E-state index is 11.7. The van der Waals surface area contributed by atoms with Gasteiger partial charge in [-0.25, -0.2) is 9.78 Å². The minimum Gasteiger partial charge on any atom is -0.475 e. The van der Waals surface area contributed by atoms with Crippen molar-refractivity contribution >= 4 is 11.7 Å². The van der Waals surface area contributed by atoms with E-state index in [0.717, 1.165) is 12.3 Å². The molecule has 0 atom stereocenters. The third-order valence-electron chi connectivity index (χ3n) is 2.07. The van der Waals surface area contributed by atoms with Crippen molar-refractivity contribution in [3.63, 3.8) is 0 Å². The van der Waals surface area contributed by atoms with Crippen molar-refractivity contribution in [1.29, 1.82) is 0 Å². The zero-order valence-corrected chi connectivity index (χ0v) is 13.0. The van der Waals surface area contributed by atoms with Crippen molar-refractivity contribution in [3.8, 4) is 5.88 Å². The number of pyridine rings is 1. The fourth-order valence-corrected chi connectivity index (χ4v) is 1.23. The van der Waals surface area contributed by atoms with Crippen LogP contribution in [-0.2, 0) is 9.47 Å². The van der Waals surface area contributed by atoms with Gasteiger partial charge in [0.1, 0.15) is 18.4 Å². The standard InChI is InChI=1S/C11H14N2O6.HNO3.H3N/c1-3-18-11(14)9-6-8(13(15)16)7-12-10(9)19-5-4-17-2;2-1(3)4;/h6-7H,3-5H2,1-2H3;(H,2,3,4);1H3. The molecule has 4 N–H and O–H groups in total. The quantitative estimate of drug-likeness (QED) is 0.307. The van der Waals surface area contributed by atoms with Crippen LogP contribution in [0.15, 0.2) is 12.3 Å². The van der Waals surface area contributed by atoms with Crippen LogP contribution in [0.2, 0.25) is 0 Å². The summed E-state index contributed by atoms with van der Waals surface area (Å²) in [4.78, 5) is 33.8. The average Bonchev–Trinajstić information content (AvgIpc) is 2.47. The molecule has 0 saturated heterocycles. The normalized spacial score (nSPS) is 8.92. The second-order valence-electron chi connectivity index (χ2n) is 3.60. The van der Waals surface area contributed by atoms with Gasteiger partial charge >= 0.3 is 5.97 Å². The van der Waals surface area contributed by atoms with E-state index in [0.29, 0.717) is 6.61 Å². The molecule has 24 heavy (non-hydrogen) atoms. The van der Waals surface area contributed by atoms with E-state index in [4.69, 9.17) is 29.5 Å². The highest BCUT2D eigenvalue weighted by atomic mass is 16.9. The predicted molar refractivity (Wildman–Crippen MR) is 78.0 cm³/mol. The van der Waals surface area contributed by atoms with E-state index in [-0.39, 0.29) is 36.5 Å². The lowest BCUT2D eigenvalue weighted by atomic mass is 10.2. The Balaban J connectivity index is 0. The summed E-state index contributed by atoms with van der Waals surface area (Å²) in [6.45, 7) is 2.27. The highest BCUT2D eigenvalue weighted by Gasteiger charge is 2.20. The Morgan fingerprint density at radius 1 is 1.33 bits per heavy atom. The minimum absolute atomic E-state index is 0. The molecule has 136 valence electrons. The summed E-state index contributed by atoms with van der Waals surface area (Å²) in [6.07, 6.45) is 1.02. The molecule has 13 heteroatoms. The fraction of sp³-hybridized carbons (Fsp3) is 0.455. The van der Waals surface area contributed by atoms with Crippen LogP contribution < -0.4 is 10.9 Å². The molecule has 0 saturated carbocycles. The number of carbonyl (C=O) groups excluding carboxylic acids is 1. The number of nitrogens with zero attached hydrogens (tertiary/aromatic N) is 3. The van der Waals surface area contributed by atoms with Crippen molar-refractivity contribution in [2.75, 3.05) is 26.9 Å². The summed E-state index contributed by atoms with van der Waals surface area (Å²) in [6, 6.07) is 1.08. The monoisotopic (exact) mass is 350 g/mol. The molecule has 1 heterocycles. The zero-order chi connectivity index (χ0) is 17.8. The molecule has 1 rings (SSSR count). The van der Waals surface area contributed by atoms with E-state index in [2.05, 4.69) is 4.98 Å². The molecule has 1 aromatic heterocycles. The van der Waals surface area contributed by atoms with Crippen molar-refractivity contribution in [2.45, 2.75) is 6.92 Å². The van der Waals surface area contributed by atoms with Gasteiger partial charge in [0.25, 0.3) is 10.8 Å². The van der Waals surface area contributed by atoms with Gasteiger partial charge in [0.05, 0.1) is 18.1 Å². The van der Waals surface area contributed by atoms with Crippen LogP contribution in [0, 0.1) is 20.2 Å². The number of rotatable bonds is 7. The molecule has 0 aromatic carbocycles. The molecule has 0 aliphatic carbocycles. The van der Waals surface area contributed by atoms with Gasteiger partial charge in [0.15, 0.2) is 0 Å². The van der Waals surface area contributed by atoms with E-state index >= 15 is 0 Å². The maximum Gasteiger partial charge on any atom is 0.343 e. The Morgan fingerprint density at radius 3 is 2.38 bits per heavy atom. The van der Waals surface area contributed by atoms with Crippen molar-refractivity contribution in [3.05, 3.63) is 38.1 Å². The number of esters is 1. The summed E-state index contributed by atoms with van der Waals surface area (Å²) in [7, 11) is 1.50. The fourth-order valence-electron chi connectivity index (χ4n) is 1.23. The van der Waals surface area contributed by atoms with E-state index in [9.17, 15) is 14.9 Å². The summed E-state index contributed by atoms with van der Waals surface area (Å²) < 4.78 is 14.8. The SMILES string of the molecule is CCOC(=O)c1cc([N+](=O)[O-])cnc1OCCOC.N.O=[N+]([O-])O. The molecule has 13 nitrogen and oxygen atoms in total. The first kappa shape index (κ1) is 23.2. The van der Waals surface area contributed by atoms with Crippen LogP contribution in [-0.4, -0.2) is 53.1 Å². The first-order chi connectivity index (χ1) is 10.8. The summed E-state index contributed by atoms with van der Waals surface area (Å²) in [5.41, 5.74) is -0.380. The Labute approximate surface area is 136 Å². The third kappa shape index (κ3) is 9.06. The Bertz CT molecular complexity index is 548. The van der Waals surface area contributed by atoms with Crippen LogP contribution >= 0.6 is 0 Å². The average molecular weight is 350 g/mol. The van der Waals surface area contributed by atoms with Crippen molar-refractivity contribution < 1.29 is 34.2 Å². The summed E-state index contributed by atoms with van der Waals surface area (Å²) in [5.74, 6) is -0.729. The molecule has 0 aliphatic heterocycles. The first-order valence-electron chi connectivity index (χ1n) is 6.10. The van der Waals surface area contributed by atoms with E-state index in [1.165, 1.54) is 7.11 Å². The molecule has 0 unspecified atom stereocenters. The molecule has 0 aliphatic rings. The van der Waals surface area contributed by atoms with Crippen LogP contribution in [0.4, 0.5) is 5.69 Å². The van der Waals surface area contributed by atoms with E-state index in [1.807, 2.05) is 0 Å². The van der Waals surface area contributed by atoms with Crippen molar-refractivity contribution in [1.82, 2.24) is 11.1 Å². The van der Waals surface area contributed by atoms with Gasteiger partial charge in [-0.15, -0.1) is 10.1 Å². The van der Waals surface area contributed by atoms with E-state index in [1.54, 1.807) is 6.92 Å². The topological polar surface area (TPSA) is 199 Å². The predicted octanol–water partition coefficient (Wildman–Crippen LogP) is 1.01. The number of hydrogen-bond donors (Lipinski definition) is 2. The lowest BCUT2D eigenvalue weighted by Crippen LogP contribution is -2.12. The van der Waals surface area contributed by atoms with Gasteiger partial charge in [-0.2, -0.15) is 0 Å². The summed E-state index contributed by atoms with van der Waals surface area (Å²) >= 11 is 0. The third-order valence-corrected chi connectivity index (χ3v) is 2.07.